The van der Waals surface area contributed by atoms with Crippen molar-refractivity contribution in [3.8, 4) is 22.9 Å². The molecule has 0 saturated heterocycles. The molecule has 0 radical (unpaired) electrons. The summed E-state index contributed by atoms with van der Waals surface area (Å²) in [7, 11) is 1.46. The van der Waals surface area contributed by atoms with Gasteiger partial charge in [0.2, 0.25) is 0 Å². The minimum absolute atomic E-state index is 0. The number of ether oxygens (including phenoxy) is 5. The summed E-state index contributed by atoms with van der Waals surface area (Å²) >= 11 is 0. The lowest BCUT2D eigenvalue weighted by Crippen LogP contribution is -2.34. The van der Waals surface area contributed by atoms with Gasteiger partial charge in [0, 0.05) is 60.2 Å². The van der Waals surface area contributed by atoms with Crippen molar-refractivity contribution in [3.05, 3.63) is 329 Å². The zero-order chi connectivity index (χ0) is 104. The number of carbonyl (C=O) groups is 6. The van der Waals surface area contributed by atoms with Crippen molar-refractivity contribution in [2.24, 2.45) is 5.73 Å². The summed E-state index contributed by atoms with van der Waals surface area (Å²) in [5, 5.41) is 31.9. The first-order valence-electron chi connectivity index (χ1n) is 42.6. The predicted molar refractivity (Wildman–Crippen MR) is 494 cm³/mol. The minimum atomic E-state index is -4.46. The molecule has 0 aliphatic rings. The summed E-state index contributed by atoms with van der Waals surface area (Å²) in [5.74, 6) is -2.96. The first-order chi connectivity index (χ1) is 66.0. The van der Waals surface area contributed by atoms with Crippen LogP contribution >= 0.6 is 0 Å². The van der Waals surface area contributed by atoms with E-state index in [-0.39, 0.29) is 86.5 Å². The molecule has 8 N–H and O–H groups in total. The number of nitrogens with zero attached hydrogens (tertiary/aromatic N) is 9. The van der Waals surface area contributed by atoms with Crippen molar-refractivity contribution in [2.45, 2.75) is 171 Å². The Morgan fingerprint density at radius 1 is 0.496 bits per heavy atom. The van der Waals surface area contributed by atoms with Crippen LogP contribution in [0, 0.1) is 0 Å². The quantitative estimate of drug-likeness (QED) is 0.00432. The summed E-state index contributed by atoms with van der Waals surface area (Å²) in [6, 6.07) is 32.2. The van der Waals surface area contributed by atoms with Crippen LogP contribution < -0.4 is 33.0 Å². The number of aliphatic hydroxyl groups is 1. The van der Waals surface area contributed by atoms with E-state index in [1.165, 1.54) is 143 Å². The number of hydrogen-bond acceptors (Lipinski definition) is 24. The molecule has 13 aromatic rings. The molecule has 0 spiro atoms. The number of hydrogen-bond donors (Lipinski definition) is 7. The molecule has 0 aliphatic carbocycles. The molecule has 32 nitrogen and oxygen atoms in total. The average Bonchev–Trinajstić information content (AvgIpc) is 1.28. The number of benzene rings is 4. The van der Waals surface area contributed by atoms with Gasteiger partial charge in [0.05, 0.1) is 104 Å². The molecule has 5 atom stereocenters. The molecule has 13 rings (SSSR count). The fourth-order valence-corrected chi connectivity index (χ4v) is 12.2. The number of alkyl halides is 12. The number of aromatic carboxylic acids is 1. The maximum Gasteiger partial charge on any atom is 0.416 e. The topological polar surface area (TPSA) is 440 Å². The second-order valence-corrected chi connectivity index (χ2v) is 30.8. The van der Waals surface area contributed by atoms with Crippen molar-refractivity contribution in [3.63, 3.8) is 0 Å². The molecule has 0 fully saturated rings. The number of alkyl carbamates (subject to hydrolysis) is 1. The van der Waals surface area contributed by atoms with Gasteiger partial charge in [-0.05, 0) is 226 Å². The Labute approximate surface area is 798 Å². The Morgan fingerprint density at radius 2 is 0.844 bits per heavy atom. The zero-order valence-electron chi connectivity index (χ0n) is 77.5. The summed E-state index contributed by atoms with van der Waals surface area (Å²) in [5.41, 5.74) is 4.35. The van der Waals surface area contributed by atoms with Crippen LogP contribution in [0.2, 0.25) is 0 Å². The number of carboxylic acid groups (broad SMARTS) is 1. The normalized spacial score (nSPS) is 12.3. The van der Waals surface area contributed by atoms with Crippen LogP contribution in [0.4, 0.5) is 57.5 Å². The van der Waals surface area contributed by atoms with Gasteiger partial charge in [-0.15, -0.1) is 0 Å². The smallest absolute Gasteiger partial charge is 0.416 e. The molecular weight excluding hydrogens is 1880 g/mol. The number of carboxylic acids is 1. The van der Waals surface area contributed by atoms with Gasteiger partial charge in [-0.25, -0.2) is 33.9 Å². The van der Waals surface area contributed by atoms with Crippen LogP contribution in [0.15, 0.2) is 249 Å². The predicted octanol–water partition coefficient (Wildman–Crippen LogP) is 19.1. The van der Waals surface area contributed by atoms with Crippen molar-refractivity contribution in [1.82, 2.24) is 64.6 Å². The van der Waals surface area contributed by atoms with Gasteiger partial charge >= 0.3 is 54.7 Å². The summed E-state index contributed by atoms with van der Waals surface area (Å²) in [4.78, 5) is 130. The lowest BCUT2D eigenvalue weighted by molar-refractivity contribution is -0.147. The molecule has 0 saturated carbocycles. The highest BCUT2D eigenvalue weighted by atomic mass is 19.4. The van der Waals surface area contributed by atoms with Crippen LogP contribution in [0.25, 0.3) is 45.0 Å². The van der Waals surface area contributed by atoms with E-state index >= 15 is 0 Å². The molecule has 141 heavy (non-hydrogen) atoms. The number of aliphatic hydroxyl groups excluding tert-OH is 1. The fourth-order valence-electron chi connectivity index (χ4n) is 12.2. The SMILES string of the molecule is C.CC(C)(C)OC(=O)NCc1noc(-c2c[nH]c3ncccc23)n1.CC(N)c1ccc(C(F)(F)F)cc1.CC(c1ccc(C(F)(F)F)cc1)n1cccc(C(=O)NCc2noc(-c3c[nH]c4ncccc34)n2)c1=O.CC(c1ccc(C(F)(F)F)cc1)n1cccc(C(=O)O)c1=O.CCC(C)O.CCOC(=O)C(=C/C=C/OC)C(=O)OCC.CCOC(=O)c1cccn(C(C)c2ccc(C(F)(F)F)cc2)c1=O. The van der Waals surface area contributed by atoms with Crippen molar-refractivity contribution >= 4 is 57.9 Å². The molecule has 0 aliphatic heterocycles. The first-order valence-corrected chi connectivity index (χ1v) is 42.6. The number of fused-ring (bicyclic) bond motifs is 2. The third kappa shape index (κ3) is 33.6. The first kappa shape index (κ1) is 114. The molecule has 9 heterocycles. The Bertz CT molecular complexity index is 6510. The van der Waals surface area contributed by atoms with E-state index in [4.69, 9.17) is 43.9 Å². The second-order valence-electron chi connectivity index (χ2n) is 30.8. The molecule has 9 aromatic heterocycles. The Hall–Kier alpha value is -15.6. The third-order valence-electron chi connectivity index (χ3n) is 19.6. The molecule has 44 heteroatoms. The van der Waals surface area contributed by atoms with E-state index in [1.807, 2.05) is 25.1 Å². The summed E-state index contributed by atoms with van der Waals surface area (Å²) < 4.78 is 189. The number of nitrogens with two attached hydrogens (primary N) is 1. The van der Waals surface area contributed by atoms with Crippen LogP contribution in [0.5, 0.6) is 0 Å². The number of nitrogens with one attached hydrogen (secondary N) is 4. The van der Waals surface area contributed by atoms with Gasteiger partial charge in [0.1, 0.15) is 39.2 Å². The number of halogens is 12. The number of H-pyrrole nitrogens is 2. The number of aromatic nitrogens is 11. The molecule has 2 amide bonds. The Kier molecular flexibility index (Phi) is 42.3. The molecule has 5 unspecified atom stereocenters. The molecule has 4 aromatic carbocycles. The minimum Gasteiger partial charge on any atom is -0.504 e. The Balaban J connectivity index is 0.000000264. The van der Waals surface area contributed by atoms with Crippen molar-refractivity contribution in [1.29, 1.82) is 0 Å². The zero-order valence-corrected chi connectivity index (χ0v) is 77.5. The van der Waals surface area contributed by atoms with Crippen molar-refractivity contribution in [2.75, 3.05) is 26.9 Å². The monoisotopic (exact) mass is 1980 g/mol. The van der Waals surface area contributed by atoms with Gasteiger partial charge in [-0.3, -0.25) is 19.2 Å². The van der Waals surface area contributed by atoms with Crippen LogP contribution in [0.1, 0.15) is 208 Å². The third-order valence-corrected chi connectivity index (χ3v) is 19.6. The van der Waals surface area contributed by atoms with Crippen LogP contribution in [-0.4, -0.2) is 139 Å². The number of methoxy groups -OCH3 is 1. The van der Waals surface area contributed by atoms with E-state index in [1.54, 1.807) is 107 Å². The van der Waals surface area contributed by atoms with Crippen LogP contribution in [0.3, 0.4) is 0 Å². The average molecular weight is 1980 g/mol. The largest absolute Gasteiger partial charge is 0.504 e. The van der Waals surface area contributed by atoms with Gasteiger partial charge < -0.3 is 83.0 Å². The standard InChI is InChI=1S/C25H19F3N6O3.C17H16F3NO3.C15H12F3NO3.C15H17N5O3.C11H16O5.C9H10F3N.C4H10O.CH4/c1-14(15-6-8-16(9-7-15)25(26,27)28)34-11-3-5-18(24(34)36)22(35)31-13-20-32-23(37-33-20)19-12-30-21-17(19)4-2-10-29-21;1-3-24-16(23)14-5-4-10-21(15(14)22)11(2)12-6-8-13(9-7-12)17(18,19)20;1-9(10-4-6-11(7-5-10)15(16,17)18)19-8-2-3-12(13(19)20)14(21)22;1-15(2,3)22-14(21)18-8-11-19-13(23-20-11)10-7-17-12-9(10)5-4-6-16-12;1-4-15-10(12)9(7-6-8-14-3)11(13)16-5-2;1-6(13)7-2-4-8(5-3-7)9(10,11)12;1-3-4(2)5;/h2-12,14H,13H2,1H3,(H,29,30)(H,31,35);4-11H,3H2,1-2H3;2-9H,1H3,(H,21,22);4-7H,8H2,1-3H3,(H,16,17)(H,18,21);6-8H,4-5H2,1-3H3;2-6H,13H2,1H3;4-5H,3H2,1-2H3;1H4/b;;;;8-6+;;;. The highest BCUT2D eigenvalue weighted by Crippen LogP contribution is 2.36. The summed E-state index contributed by atoms with van der Waals surface area (Å²) in [6.45, 7) is 21.3. The second kappa shape index (κ2) is 52.2. The van der Waals surface area contributed by atoms with E-state index in [0.717, 1.165) is 76.9 Å². The molecular formula is C97H104F12N14O18. The van der Waals surface area contributed by atoms with Gasteiger partial charge in [-0.1, -0.05) is 73.2 Å². The number of carbonyl (C=O) groups excluding carboxylic acids is 5. The highest BCUT2D eigenvalue weighted by Gasteiger charge is 2.35. The Morgan fingerprint density at radius 3 is 1.18 bits per heavy atom. The molecule has 754 valence electrons. The number of amides is 2. The number of aromatic amines is 2. The fraction of sp³-hybridized carbons (Fsp3) is 0.309. The number of allylic oxidation sites excluding steroid dienone is 2. The highest BCUT2D eigenvalue weighted by molar-refractivity contribution is 6.14. The van der Waals surface area contributed by atoms with Crippen LogP contribution in [-0.2, 0) is 71.1 Å². The maximum atomic E-state index is 13.0. The van der Waals surface area contributed by atoms with E-state index in [2.05, 4.69) is 55.6 Å². The van der Waals surface area contributed by atoms with Gasteiger partial charge in [-0.2, -0.15) is 62.7 Å². The number of rotatable bonds is 24. The molecule has 0 bridgehead atoms. The van der Waals surface area contributed by atoms with E-state index in [0.29, 0.717) is 45.2 Å². The van der Waals surface area contributed by atoms with E-state index < -0.39 is 123 Å². The summed E-state index contributed by atoms with van der Waals surface area (Å²) in [6.07, 6.45) is -2.15. The lowest BCUT2D eigenvalue weighted by atomic mass is 10.1. The number of pyridine rings is 5. The van der Waals surface area contributed by atoms with Gasteiger partial charge in [0.15, 0.2) is 11.6 Å². The van der Waals surface area contributed by atoms with E-state index in [9.17, 15) is 95.8 Å². The lowest BCUT2D eigenvalue weighted by Gasteiger charge is -2.19. The van der Waals surface area contributed by atoms with Crippen molar-refractivity contribution < 1.29 is 124 Å². The number of esters is 3. The van der Waals surface area contributed by atoms with Gasteiger partial charge in [0.25, 0.3) is 34.4 Å². The maximum absolute atomic E-state index is 13.0.